The van der Waals surface area contributed by atoms with Crippen molar-refractivity contribution in [3.8, 4) is 0 Å². The third-order valence-electron chi connectivity index (χ3n) is 4.32. The van der Waals surface area contributed by atoms with Gasteiger partial charge in [0, 0.05) is 36.5 Å². The minimum atomic E-state index is -0.413. The van der Waals surface area contributed by atoms with Crippen molar-refractivity contribution in [2.75, 3.05) is 5.32 Å². The molecular weight excluding hydrogens is 376 g/mol. The van der Waals surface area contributed by atoms with Gasteiger partial charge in [-0.2, -0.15) is 0 Å². The number of hydrogen-bond acceptors (Lipinski definition) is 5. The van der Waals surface area contributed by atoms with E-state index in [2.05, 4.69) is 24.1 Å². The van der Waals surface area contributed by atoms with Gasteiger partial charge in [-0.15, -0.1) is 11.3 Å². The Morgan fingerprint density at radius 2 is 2.14 bits per heavy atom. The molecule has 2 aromatic heterocycles. The summed E-state index contributed by atoms with van der Waals surface area (Å²) < 4.78 is 1.84. The summed E-state index contributed by atoms with van der Waals surface area (Å²) >= 11 is 1.35. The van der Waals surface area contributed by atoms with Crippen LogP contribution in [0.3, 0.4) is 0 Å². The molecule has 3 aromatic rings. The lowest BCUT2D eigenvalue weighted by atomic mass is 10.0. The number of nitrogens with zero attached hydrogens (tertiary/aromatic N) is 3. The third kappa shape index (κ3) is 5.04. The number of nitro groups is 1. The Morgan fingerprint density at radius 1 is 1.32 bits per heavy atom. The fourth-order valence-corrected chi connectivity index (χ4v) is 3.42. The smallest absolute Gasteiger partial charge is 0.274 e. The zero-order valence-corrected chi connectivity index (χ0v) is 16.6. The van der Waals surface area contributed by atoms with Crippen LogP contribution in [-0.2, 0) is 13.0 Å². The van der Waals surface area contributed by atoms with Crippen LogP contribution in [-0.4, -0.2) is 20.4 Å². The maximum atomic E-state index is 12.8. The number of aryl methyl sites for hydroxylation is 1. The van der Waals surface area contributed by atoms with Crippen molar-refractivity contribution >= 4 is 28.1 Å². The monoisotopic (exact) mass is 398 g/mol. The molecule has 0 saturated carbocycles. The second-order valence-corrected chi connectivity index (χ2v) is 7.91. The van der Waals surface area contributed by atoms with E-state index in [1.807, 2.05) is 22.9 Å². The standard InChI is InChI=1S/C20H22N4O3S/c1-14(2)6-7-16-11-18(19(25)22-20-21-8-9-28-20)23(13-16)12-15-4-3-5-17(10-15)24(26)27/h3-5,8-11,13-14H,6-7,12H2,1-2H3,(H,21,22,25). The second-order valence-electron chi connectivity index (χ2n) is 7.01. The summed E-state index contributed by atoms with van der Waals surface area (Å²) in [6.07, 6.45) is 5.49. The number of thiazole rings is 1. The van der Waals surface area contributed by atoms with Gasteiger partial charge in [-0.3, -0.25) is 20.2 Å². The fraction of sp³-hybridized carbons (Fsp3) is 0.300. The molecule has 0 fully saturated rings. The number of rotatable bonds is 8. The molecule has 0 unspecified atom stereocenters. The Bertz CT molecular complexity index is 964. The first-order chi connectivity index (χ1) is 13.4. The molecule has 1 aromatic carbocycles. The van der Waals surface area contributed by atoms with E-state index in [9.17, 15) is 14.9 Å². The molecule has 8 heteroatoms. The largest absolute Gasteiger partial charge is 0.339 e. The molecule has 3 rings (SSSR count). The van der Waals surface area contributed by atoms with Crippen LogP contribution >= 0.6 is 11.3 Å². The van der Waals surface area contributed by atoms with Gasteiger partial charge in [-0.25, -0.2) is 4.98 Å². The molecule has 0 aliphatic carbocycles. The van der Waals surface area contributed by atoms with Gasteiger partial charge in [0.05, 0.1) is 4.92 Å². The van der Waals surface area contributed by atoms with Crippen molar-refractivity contribution in [3.63, 3.8) is 0 Å². The first kappa shape index (κ1) is 19.8. The van der Waals surface area contributed by atoms with Crippen LogP contribution in [0, 0.1) is 16.0 Å². The van der Waals surface area contributed by atoms with Crippen LogP contribution in [0.2, 0.25) is 0 Å². The van der Waals surface area contributed by atoms with Crippen LogP contribution in [0.5, 0.6) is 0 Å². The van der Waals surface area contributed by atoms with Crippen molar-refractivity contribution in [3.05, 3.63) is 75.0 Å². The van der Waals surface area contributed by atoms with Crippen molar-refractivity contribution in [1.29, 1.82) is 0 Å². The van der Waals surface area contributed by atoms with E-state index in [-0.39, 0.29) is 11.6 Å². The topological polar surface area (TPSA) is 90.1 Å². The Hall–Kier alpha value is -3.00. The molecule has 0 spiro atoms. The normalized spacial score (nSPS) is 11.0. The number of amides is 1. The molecule has 0 radical (unpaired) electrons. The van der Waals surface area contributed by atoms with Gasteiger partial charge in [0.25, 0.3) is 11.6 Å². The lowest BCUT2D eigenvalue weighted by Crippen LogP contribution is -2.17. The summed E-state index contributed by atoms with van der Waals surface area (Å²) in [6, 6.07) is 8.37. The zero-order chi connectivity index (χ0) is 20.1. The summed E-state index contributed by atoms with van der Waals surface area (Å²) in [5, 5.41) is 16.2. The number of nitro benzene ring substituents is 1. The number of aromatic nitrogens is 2. The Balaban J connectivity index is 1.87. The predicted molar refractivity (Wildman–Crippen MR) is 110 cm³/mol. The molecule has 1 N–H and O–H groups in total. The third-order valence-corrected chi connectivity index (χ3v) is 5.01. The number of nitrogens with one attached hydrogen (secondary N) is 1. The summed E-state index contributed by atoms with van der Waals surface area (Å²) in [7, 11) is 0. The van der Waals surface area contributed by atoms with Crippen LogP contribution in [0.15, 0.2) is 48.1 Å². The van der Waals surface area contributed by atoms with Crippen LogP contribution < -0.4 is 5.32 Å². The average Bonchev–Trinajstić information content (AvgIpc) is 3.30. The molecule has 0 aliphatic rings. The van der Waals surface area contributed by atoms with E-state index < -0.39 is 4.92 Å². The molecule has 0 atom stereocenters. The maximum Gasteiger partial charge on any atom is 0.274 e. The molecule has 0 saturated heterocycles. The van der Waals surface area contributed by atoms with Gasteiger partial charge in [0.15, 0.2) is 5.13 Å². The SMILES string of the molecule is CC(C)CCc1cc(C(=O)Nc2nccs2)n(Cc2cccc([N+](=O)[O-])c2)c1. The second kappa shape index (κ2) is 8.79. The van der Waals surface area contributed by atoms with Gasteiger partial charge in [-0.05, 0) is 36.0 Å². The van der Waals surface area contributed by atoms with Gasteiger partial charge in [-0.1, -0.05) is 26.0 Å². The van der Waals surface area contributed by atoms with Gasteiger partial charge in [0.2, 0.25) is 0 Å². The lowest BCUT2D eigenvalue weighted by Gasteiger charge is -2.09. The number of carbonyl (C=O) groups is 1. The summed E-state index contributed by atoms with van der Waals surface area (Å²) in [6.45, 7) is 4.70. The minimum Gasteiger partial charge on any atom is -0.339 e. The van der Waals surface area contributed by atoms with Crippen LogP contribution in [0.25, 0.3) is 0 Å². The molecule has 1 amide bonds. The van der Waals surface area contributed by atoms with Crippen molar-refractivity contribution in [1.82, 2.24) is 9.55 Å². The first-order valence-electron chi connectivity index (χ1n) is 9.05. The van der Waals surface area contributed by atoms with Crippen molar-refractivity contribution < 1.29 is 9.72 Å². The minimum absolute atomic E-state index is 0.0403. The van der Waals surface area contributed by atoms with E-state index in [0.717, 1.165) is 24.0 Å². The lowest BCUT2D eigenvalue weighted by molar-refractivity contribution is -0.384. The van der Waals surface area contributed by atoms with Gasteiger partial charge >= 0.3 is 0 Å². The quantitative estimate of drug-likeness (QED) is 0.438. The predicted octanol–water partition coefficient (Wildman–Crippen LogP) is 4.74. The fourth-order valence-electron chi connectivity index (χ4n) is 2.90. The molecular formula is C20H22N4O3S. The van der Waals surface area contributed by atoms with E-state index in [0.29, 0.717) is 23.3 Å². The van der Waals surface area contributed by atoms with E-state index >= 15 is 0 Å². The summed E-state index contributed by atoms with van der Waals surface area (Å²) in [5.74, 6) is 0.323. The molecule has 0 bridgehead atoms. The summed E-state index contributed by atoms with van der Waals surface area (Å²) in [5.41, 5.74) is 2.39. The highest BCUT2D eigenvalue weighted by atomic mass is 32.1. The van der Waals surface area contributed by atoms with Crippen molar-refractivity contribution in [2.24, 2.45) is 5.92 Å². The molecule has 2 heterocycles. The number of carbonyl (C=O) groups excluding carboxylic acids is 1. The zero-order valence-electron chi connectivity index (χ0n) is 15.8. The highest BCUT2D eigenvalue weighted by molar-refractivity contribution is 7.13. The summed E-state index contributed by atoms with van der Waals surface area (Å²) in [4.78, 5) is 27.5. The highest BCUT2D eigenvalue weighted by Gasteiger charge is 2.16. The van der Waals surface area contributed by atoms with Crippen molar-refractivity contribution in [2.45, 2.75) is 33.2 Å². The molecule has 28 heavy (non-hydrogen) atoms. The first-order valence-corrected chi connectivity index (χ1v) is 9.93. The van der Waals surface area contributed by atoms with Gasteiger partial charge < -0.3 is 4.57 Å². The maximum absolute atomic E-state index is 12.8. The molecule has 146 valence electrons. The number of non-ortho nitro benzene ring substituents is 1. The average molecular weight is 398 g/mol. The van der Waals surface area contributed by atoms with E-state index in [1.165, 1.54) is 23.5 Å². The van der Waals surface area contributed by atoms with Crippen LogP contribution in [0.1, 0.15) is 41.9 Å². The Morgan fingerprint density at radius 3 is 2.82 bits per heavy atom. The Kier molecular flexibility index (Phi) is 6.20. The highest BCUT2D eigenvalue weighted by Crippen LogP contribution is 2.20. The number of anilines is 1. The molecule has 0 aliphatic heterocycles. The van der Waals surface area contributed by atoms with Gasteiger partial charge in [0.1, 0.15) is 5.69 Å². The number of hydrogen-bond donors (Lipinski definition) is 1. The van der Waals surface area contributed by atoms with Crippen LogP contribution in [0.4, 0.5) is 10.8 Å². The Labute approximate surface area is 167 Å². The number of benzene rings is 1. The van der Waals surface area contributed by atoms with E-state index in [1.54, 1.807) is 17.6 Å². The van der Waals surface area contributed by atoms with E-state index in [4.69, 9.17) is 0 Å². The molecule has 7 nitrogen and oxygen atoms in total.